The zero-order chi connectivity index (χ0) is 8.81. The topological polar surface area (TPSA) is 29.5 Å². The molecule has 1 aliphatic rings. The van der Waals surface area contributed by atoms with Crippen LogP contribution in [0.15, 0.2) is 0 Å². The van der Waals surface area contributed by atoms with E-state index in [2.05, 4.69) is 4.90 Å². The van der Waals surface area contributed by atoms with Gasteiger partial charge in [-0.25, -0.2) is 0 Å². The molecule has 0 aliphatic carbocycles. The summed E-state index contributed by atoms with van der Waals surface area (Å²) in [4.78, 5) is 12.7. The molecule has 1 heterocycles. The van der Waals surface area contributed by atoms with Crippen molar-refractivity contribution in [3.8, 4) is 0 Å². The third kappa shape index (κ3) is 3.32. The van der Waals surface area contributed by atoms with Crippen LogP contribution >= 0.6 is 0 Å². The van der Waals surface area contributed by atoms with Crippen molar-refractivity contribution in [3.05, 3.63) is 0 Å². The largest absolute Gasteiger partial charge is 0.379 e. The average Bonchev–Trinajstić information content (AvgIpc) is 2.16. The van der Waals surface area contributed by atoms with Crippen LogP contribution in [0.5, 0.6) is 0 Å². The molecule has 0 aromatic rings. The molecule has 0 aromatic heterocycles. The Balaban J connectivity index is 2.08. The Hall–Kier alpha value is -0.410. The molecule has 0 bridgehead atoms. The van der Waals surface area contributed by atoms with Gasteiger partial charge in [-0.2, -0.15) is 0 Å². The van der Waals surface area contributed by atoms with Crippen LogP contribution in [0.4, 0.5) is 0 Å². The normalized spacial score (nSPS) is 22.1. The van der Waals surface area contributed by atoms with Gasteiger partial charge < -0.3 is 9.53 Å². The molecule has 3 nitrogen and oxygen atoms in total. The highest BCUT2D eigenvalue weighted by molar-refractivity contribution is 5.52. The molecule has 0 spiro atoms. The van der Waals surface area contributed by atoms with Gasteiger partial charge in [0.15, 0.2) is 0 Å². The van der Waals surface area contributed by atoms with E-state index in [4.69, 9.17) is 4.74 Å². The predicted octanol–water partition coefficient (Wildman–Crippen LogP) is 0.544. The third-order valence-corrected chi connectivity index (χ3v) is 2.24. The molecule has 1 unspecified atom stereocenters. The molecule has 12 heavy (non-hydrogen) atoms. The summed E-state index contributed by atoms with van der Waals surface area (Å²) in [5, 5.41) is 0. The molecule has 1 aliphatic heterocycles. The minimum absolute atomic E-state index is 0.202. The molecule has 0 amide bonds. The fraction of sp³-hybridized carbons (Fsp3) is 0.889. The maximum atomic E-state index is 10.3. The van der Waals surface area contributed by atoms with Crippen molar-refractivity contribution in [3.63, 3.8) is 0 Å². The quantitative estimate of drug-likeness (QED) is 0.578. The van der Waals surface area contributed by atoms with Gasteiger partial charge in [-0.05, 0) is 13.0 Å². The Morgan fingerprint density at radius 1 is 1.50 bits per heavy atom. The van der Waals surface area contributed by atoms with Crippen molar-refractivity contribution in [1.29, 1.82) is 0 Å². The number of ether oxygens (including phenoxy) is 1. The second kappa shape index (κ2) is 5.27. The first-order chi connectivity index (χ1) is 5.83. The highest BCUT2D eigenvalue weighted by Gasteiger charge is 2.10. The van der Waals surface area contributed by atoms with Crippen molar-refractivity contribution < 1.29 is 9.53 Å². The van der Waals surface area contributed by atoms with E-state index in [1.807, 2.05) is 6.92 Å². The monoisotopic (exact) mass is 171 g/mol. The van der Waals surface area contributed by atoms with Gasteiger partial charge in [0.25, 0.3) is 0 Å². The minimum Gasteiger partial charge on any atom is -0.379 e. The lowest BCUT2D eigenvalue weighted by Crippen LogP contribution is -2.37. The number of rotatable bonds is 4. The van der Waals surface area contributed by atoms with Crippen molar-refractivity contribution in [2.45, 2.75) is 13.3 Å². The number of nitrogens with zero attached hydrogens (tertiary/aromatic N) is 1. The van der Waals surface area contributed by atoms with Gasteiger partial charge in [0.05, 0.1) is 13.2 Å². The summed E-state index contributed by atoms with van der Waals surface area (Å²) >= 11 is 0. The van der Waals surface area contributed by atoms with Crippen molar-refractivity contribution in [1.82, 2.24) is 4.90 Å². The molecule has 1 atom stereocenters. The van der Waals surface area contributed by atoms with E-state index in [9.17, 15) is 4.79 Å². The molecule has 0 N–H and O–H groups in total. The highest BCUT2D eigenvalue weighted by Crippen LogP contribution is 2.02. The van der Waals surface area contributed by atoms with Crippen LogP contribution in [-0.2, 0) is 9.53 Å². The fourth-order valence-corrected chi connectivity index (χ4v) is 1.28. The van der Waals surface area contributed by atoms with E-state index in [1.165, 1.54) is 0 Å². The lowest BCUT2D eigenvalue weighted by molar-refractivity contribution is -0.111. The van der Waals surface area contributed by atoms with Gasteiger partial charge in [0.2, 0.25) is 0 Å². The molecular formula is C9H17NO2. The first kappa shape index (κ1) is 9.68. The van der Waals surface area contributed by atoms with E-state index in [1.54, 1.807) is 0 Å². The number of aldehydes is 1. The zero-order valence-electron chi connectivity index (χ0n) is 7.66. The molecule has 1 saturated heterocycles. The van der Waals surface area contributed by atoms with Crippen molar-refractivity contribution in [2.75, 3.05) is 32.8 Å². The van der Waals surface area contributed by atoms with E-state index < -0.39 is 0 Å². The number of hydrogen-bond acceptors (Lipinski definition) is 3. The Bertz CT molecular complexity index is 132. The SMILES string of the molecule is CC(C=O)CCN1CCOCC1. The van der Waals surface area contributed by atoms with E-state index in [0.29, 0.717) is 0 Å². The van der Waals surface area contributed by atoms with Gasteiger partial charge in [0.1, 0.15) is 6.29 Å². The number of carbonyl (C=O) groups excluding carboxylic acids is 1. The summed E-state index contributed by atoms with van der Waals surface area (Å²) in [6.07, 6.45) is 2.00. The molecule has 0 radical (unpaired) electrons. The number of carbonyl (C=O) groups is 1. The molecule has 3 heteroatoms. The summed E-state index contributed by atoms with van der Waals surface area (Å²) in [6.45, 7) is 6.72. The van der Waals surface area contributed by atoms with Crippen LogP contribution in [0.2, 0.25) is 0 Å². The molecule has 70 valence electrons. The molecular weight excluding hydrogens is 154 g/mol. The first-order valence-corrected chi connectivity index (χ1v) is 4.58. The maximum absolute atomic E-state index is 10.3. The smallest absolute Gasteiger partial charge is 0.122 e. The zero-order valence-corrected chi connectivity index (χ0v) is 7.66. The molecule has 1 fully saturated rings. The summed E-state index contributed by atoms with van der Waals surface area (Å²) in [5.41, 5.74) is 0. The Kier molecular flexibility index (Phi) is 4.25. The maximum Gasteiger partial charge on any atom is 0.122 e. The number of hydrogen-bond donors (Lipinski definition) is 0. The lowest BCUT2D eigenvalue weighted by Gasteiger charge is -2.26. The van der Waals surface area contributed by atoms with Crippen LogP contribution in [-0.4, -0.2) is 44.0 Å². The molecule has 0 aromatic carbocycles. The summed E-state index contributed by atoms with van der Waals surface area (Å²) in [5.74, 6) is 0.202. The fourth-order valence-electron chi connectivity index (χ4n) is 1.28. The van der Waals surface area contributed by atoms with Crippen LogP contribution in [0.25, 0.3) is 0 Å². The second-order valence-corrected chi connectivity index (χ2v) is 3.36. The minimum atomic E-state index is 0.202. The van der Waals surface area contributed by atoms with Crippen LogP contribution in [0, 0.1) is 5.92 Å². The van der Waals surface area contributed by atoms with Gasteiger partial charge in [-0.1, -0.05) is 6.92 Å². The first-order valence-electron chi connectivity index (χ1n) is 4.58. The predicted molar refractivity (Wildman–Crippen MR) is 47.1 cm³/mol. The van der Waals surface area contributed by atoms with E-state index in [-0.39, 0.29) is 5.92 Å². The lowest BCUT2D eigenvalue weighted by atomic mass is 10.1. The second-order valence-electron chi connectivity index (χ2n) is 3.36. The van der Waals surface area contributed by atoms with Crippen LogP contribution in [0.3, 0.4) is 0 Å². The summed E-state index contributed by atoms with van der Waals surface area (Å²) < 4.78 is 5.22. The summed E-state index contributed by atoms with van der Waals surface area (Å²) in [7, 11) is 0. The highest BCUT2D eigenvalue weighted by atomic mass is 16.5. The summed E-state index contributed by atoms with van der Waals surface area (Å²) in [6, 6.07) is 0. The Morgan fingerprint density at radius 3 is 2.75 bits per heavy atom. The standard InChI is InChI=1S/C9H17NO2/c1-9(8-11)2-3-10-4-6-12-7-5-10/h8-9H,2-7H2,1H3. The molecule has 0 saturated carbocycles. The van der Waals surface area contributed by atoms with Gasteiger partial charge in [-0.3, -0.25) is 4.90 Å². The average molecular weight is 171 g/mol. The third-order valence-electron chi connectivity index (χ3n) is 2.24. The van der Waals surface area contributed by atoms with Gasteiger partial charge in [-0.15, -0.1) is 0 Å². The van der Waals surface area contributed by atoms with Gasteiger partial charge in [0, 0.05) is 19.0 Å². The Morgan fingerprint density at radius 2 is 2.17 bits per heavy atom. The van der Waals surface area contributed by atoms with Crippen LogP contribution in [0.1, 0.15) is 13.3 Å². The van der Waals surface area contributed by atoms with E-state index >= 15 is 0 Å². The van der Waals surface area contributed by atoms with Crippen molar-refractivity contribution >= 4 is 6.29 Å². The molecule has 1 rings (SSSR count). The van der Waals surface area contributed by atoms with Crippen LogP contribution < -0.4 is 0 Å². The number of morpholine rings is 1. The van der Waals surface area contributed by atoms with Crippen molar-refractivity contribution in [2.24, 2.45) is 5.92 Å². The van der Waals surface area contributed by atoms with E-state index in [0.717, 1.165) is 45.6 Å². The Labute approximate surface area is 73.7 Å². The van der Waals surface area contributed by atoms with Gasteiger partial charge >= 0.3 is 0 Å².